The van der Waals surface area contributed by atoms with Gasteiger partial charge in [0.25, 0.3) is 0 Å². The first-order valence-corrected chi connectivity index (χ1v) is 11.4. The molecule has 160 valence electrons. The van der Waals surface area contributed by atoms with Crippen LogP contribution in [0, 0.1) is 5.92 Å². The van der Waals surface area contributed by atoms with Crippen molar-refractivity contribution in [1.29, 1.82) is 0 Å². The van der Waals surface area contributed by atoms with Crippen molar-refractivity contribution < 1.29 is 24.5 Å². The standard InChI is InChI=1S/C21H20Br3NO5/c1-12(4-2-3-5-18(26)27)20(16-10-14(23)11-17(24)19(16)28)30-21(29)25-15-8-6-13(22)7-9-15/h3,5-12,20,28H,2,4H2,1H3,(H,25,29)(H,26,27)/b5-3+/t12-,20+/m0/s1. The van der Waals surface area contributed by atoms with Crippen molar-refractivity contribution in [2.75, 3.05) is 5.32 Å². The van der Waals surface area contributed by atoms with Gasteiger partial charge in [-0.15, -0.1) is 0 Å². The van der Waals surface area contributed by atoms with Gasteiger partial charge < -0.3 is 14.9 Å². The minimum Gasteiger partial charge on any atom is -0.506 e. The molecule has 0 unspecified atom stereocenters. The number of benzene rings is 2. The fraction of sp³-hybridized carbons (Fsp3) is 0.238. The Labute approximate surface area is 199 Å². The van der Waals surface area contributed by atoms with E-state index in [2.05, 4.69) is 53.1 Å². The van der Waals surface area contributed by atoms with Crippen LogP contribution in [0.2, 0.25) is 0 Å². The van der Waals surface area contributed by atoms with Crippen LogP contribution in [0.5, 0.6) is 5.75 Å². The van der Waals surface area contributed by atoms with Crippen LogP contribution in [0.4, 0.5) is 10.5 Å². The number of phenolic OH excluding ortho intramolecular Hbond substituents is 1. The normalized spacial score (nSPS) is 13.1. The summed E-state index contributed by atoms with van der Waals surface area (Å²) in [5.41, 5.74) is 1.01. The summed E-state index contributed by atoms with van der Waals surface area (Å²) in [5.74, 6) is -1.24. The molecule has 0 aliphatic carbocycles. The molecule has 2 rings (SSSR count). The van der Waals surface area contributed by atoms with Gasteiger partial charge in [-0.25, -0.2) is 9.59 Å². The van der Waals surface area contributed by atoms with Crippen molar-refractivity contribution in [3.8, 4) is 5.75 Å². The lowest BCUT2D eigenvalue weighted by Crippen LogP contribution is -2.22. The van der Waals surface area contributed by atoms with Crippen molar-refractivity contribution >= 4 is 65.5 Å². The van der Waals surface area contributed by atoms with E-state index < -0.39 is 18.2 Å². The SMILES string of the molecule is C[C@@H](CC/C=C/C(=O)O)[C@@H](OC(=O)Nc1ccc(Br)cc1)c1cc(Br)cc(Br)c1O. The molecule has 2 aromatic carbocycles. The van der Waals surface area contributed by atoms with Crippen LogP contribution in [0.3, 0.4) is 0 Å². The summed E-state index contributed by atoms with van der Waals surface area (Å²) >= 11 is 10.0. The fourth-order valence-electron chi connectivity index (χ4n) is 2.78. The second-order valence-electron chi connectivity index (χ2n) is 6.58. The number of aliphatic carboxylic acids is 1. The Morgan fingerprint density at radius 3 is 2.43 bits per heavy atom. The van der Waals surface area contributed by atoms with Crippen molar-refractivity contribution in [2.45, 2.75) is 25.9 Å². The highest BCUT2D eigenvalue weighted by Gasteiger charge is 2.27. The minimum absolute atomic E-state index is 0.0208. The first-order valence-electron chi connectivity index (χ1n) is 8.98. The number of ether oxygens (including phenoxy) is 1. The number of carboxylic acid groups (broad SMARTS) is 1. The molecular formula is C21H20Br3NO5. The number of carbonyl (C=O) groups is 2. The summed E-state index contributed by atoms with van der Waals surface area (Å²) in [5, 5.41) is 21.9. The molecule has 0 saturated carbocycles. The molecule has 9 heteroatoms. The number of halogens is 3. The predicted octanol–water partition coefficient (Wildman–Crippen LogP) is 7.03. The van der Waals surface area contributed by atoms with E-state index in [-0.39, 0.29) is 11.7 Å². The van der Waals surface area contributed by atoms with E-state index in [9.17, 15) is 14.7 Å². The number of nitrogens with one attached hydrogen (secondary N) is 1. The van der Waals surface area contributed by atoms with Crippen molar-refractivity contribution in [1.82, 2.24) is 0 Å². The number of rotatable bonds is 8. The zero-order valence-electron chi connectivity index (χ0n) is 15.9. The van der Waals surface area contributed by atoms with Gasteiger partial charge in [0.05, 0.1) is 4.47 Å². The number of allylic oxidation sites excluding steroid dienone is 1. The number of carbonyl (C=O) groups excluding carboxylic acids is 1. The maximum absolute atomic E-state index is 12.5. The highest BCUT2D eigenvalue weighted by molar-refractivity contribution is 9.11. The van der Waals surface area contributed by atoms with Gasteiger partial charge in [0.15, 0.2) is 0 Å². The van der Waals surface area contributed by atoms with Crippen LogP contribution in [0.15, 0.2) is 62.0 Å². The Balaban J connectivity index is 2.23. The summed E-state index contributed by atoms with van der Waals surface area (Å²) in [6, 6.07) is 10.4. The van der Waals surface area contributed by atoms with Crippen LogP contribution >= 0.6 is 47.8 Å². The van der Waals surface area contributed by atoms with Crippen LogP contribution < -0.4 is 5.32 Å². The molecular weight excluding hydrogens is 586 g/mol. The van der Waals surface area contributed by atoms with Crippen LogP contribution in [-0.4, -0.2) is 22.3 Å². The molecule has 0 heterocycles. The summed E-state index contributed by atoms with van der Waals surface area (Å²) < 4.78 is 7.75. The Kier molecular flexibility index (Phi) is 9.38. The molecule has 6 nitrogen and oxygen atoms in total. The van der Waals surface area contributed by atoms with Crippen molar-refractivity contribution in [3.05, 3.63) is 67.5 Å². The molecule has 0 aliphatic heterocycles. The number of amides is 1. The zero-order valence-corrected chi connectivity index (χ0v) is 20.7. The maximum atomic E-state index is 12.5. The quantitative estimate of drug-likeness (QED) is 0.281. The summed E-state index contributed by atoms with van der Waals surface area (Å²) in [6.07, 6.45) is 2.24. The molecule has 1 amide bonds. The van der Waals surface area contributed by atoms with Gasteiger partial charge in [-0.2, -0.15) is 0 Å². The third kappa shape index (κ3) is 7.45. The second-order valence-corrected chi connectivity index (χ2v) is 9.26. The molecule has 0 spiro atoms. The van der Waals surface area contributed by atoms with E-state index in [1.807, 2.05) is 6.92 Å². The van der Waals surface area contributed by atoms with Crippen molar-refractivity contribution in [3.63, 3.8) is 0 Å². The second kappa shape index (κ2) is 11.5. The van der Waals surface area contributed by atoms with Crippen LogP contribution in [0.1, 0.15) is 31.4 Å². The Morgan fingerprint density at radius 2 is 1.80 bits per heavy atom. The molecule has 0 aliphatic rings. The molecule has 3 N–H and O–H groups in total. The summed E-state index contributed by atoms with van der Waals surface area (Å²) in [6.45, 7) is 1.88. The third-order valence-electron chi connectivity index (χ3n) is 4.25. The van der Waals surface area contributed by atoms with Gasteiger partial charge in [0.1, 0.15) is 11.9 Å². The van der Waals surface area contributed by atoms with E-state index in [1.165, 1.54) is 0 Å². The number of anilines is 1. The molecule has 0 radical (unpaired) electrons. The molecule has 2 aromatic rings. The Hall–Kier alpha value is -1.84. The van der Waals surface area contributed by atoms with Crippen LogP contribution in [0.25, 0.3) is 0 Å². The average molecular weight is 606 g/mol. The molecule has 0 bridgehead atoms. The van der Waals surface area contributed by atoms with Gasteiger partial charge in [-0.3, -0.25) is 5.32 Å². The van der Waals surface area contributed by atoms with Gasteiger partial charge in [-0.05, 0) is 71.1 Å². The first kappa shape index (κ1) is 24.4. The highest BCUT2D eigenvalue weighted by atomic mass is 79.9. The number of hydrogen-bond donors (Lipinski definition) is 3. The molecule has 0 aromatic heterocycles. The van der Waals surface area contributed by atoms with E-state index in [0.29, 0.717) is 33.0 Å². The first-order chi connectivity index (χ1) is 14.2. The van der Waals surface area contributed by atoms with E-state index >= 15 is 0 Å². The van der Waals surface area contributed by atoms with Gasteiger partial charge in [0.2, 0.25) is 0 Å². The monoisotopic (exact) mass is 603 g/mol. The number of hydrogen-bond acceptors (Lipinski definition) is 4. The van der Waals surface area contributed by atoms with Gasteiger partial charge >= 0.3 is 12.1 Å². The molecule has 0 fully saturated rings. The Bertz CT molecular complexity index is 931. The lowest BCUT2D eigenvalue weighted by atomic mass is 9.92. The van der Waals surface area contributed by atoms with Crippen LogP contribution in [-0.2, 0) is 9.53 Å². The summed E-state index contributed by atoms with van der Waals surface area (Å²) in [4.78, 5) is 23.2. The fourth-order valence-corrected chi connectivity index (χ4v) is 4.30. The number of aromatic hydroxyl groups is 1. The number of carboxylic acids is 1. The van der Waals surface area contributed by atoms with E-state index in [0.717, 1.165) is 10.5 Å². The van der Waals surface area contributed by atoms with Gasteiger partial charge in [-0.1, -0.05) is 44.9 Å². The zero-order chi connectivity index (χ0) is 22.3. The van der Waals surface area contributed by atoms with E-state index in [4.69, 9.17) is 9.84 Å². The maximum Gasteiger partial charge on any atom is 0.412 e. The summed E-state index contributed by atoms with van der Waals surface area (Å²) in [7, 11) is 0. The largest absolute Gasteiger partial charge is 0.506 e. The molecule has 30 heavy (non-hydrogen) atoms. The Morgan fingerprint density at radius 1 is 1.13 bits per heavy atom. The smallest absolute Gasteiger partial charge is 0.412 e. The highest BCUT2D eigenvalue weighted by Crippen LogP contribution is 2.40. The van der Waals surface area contributed by atoms with E-state index in [1.54, 1.807) is 42.5 Å². The molecule has 0 saturated heterocycles. The minimum atomic E-state index is -1.02. The number of phenols is 1. The van der Waals surface area contributed by atoms with Gasteiger partial charge in [0, 0.05) is 26.3 Å². The lowest BCUT2D eigenvalue weighted by molar-refractivity contribution is -0.131. The molecule has 2 atom stereocenters. The topological polar surface area (TPSA) is 95.9 Å². The third-order valence-corrected chi connectivity index (χ3v) is 5.85. The predicted molar refractivity (Wildman–Crippen MR) is 126 cm³/mol. The average Bonchev–Trinajstić information content (AvgIpc) is 2.68. The van der Waals surface area contributed by atoms with Crippen molar-refractivity contribution in [2.24, 2.45) is 5.92 Å². The lowest BCUT2D eigenvalue weighted by Gasteiger charge is -2.26.